The number of ether oxygens (including phenoxy) is 1. The van der Waals surface area contributed by atoms with Crippen LogP contribution in [0.2, 0.25) is 10.0 Å². The second-order valence-electron chi connectivity index (χ2n) is 7.79. The van der Waals surface area contributed by atoms with Crippen molar-refractivity contribution in [2.45, 2.75) is 39.8 Å². The molecular weight excluding hydrogens is 513 g/mol. The van der Waals surface area contributed by atoms with Gasteiger partial charge in [0.15, 0.2) is 0 Å². The van der Waals surface area contributed by atoms with Gasteiger partial charge in [-0.2, -0.15) is 0 Å². The number of sulfonamides is 1. The third kappa shape index (κ3) is 8.02. The number of halogens is 2. The molecule has 0 bridgehead atoms. The Morgan fingerprint density at radius 2 is 1.69 bits per heavy atom. The third-order valence-electron chi connectivity index (χ3n) is 5.19. The number of rotatable bonds is 12. The van der Waals surface area contributed by atoms with Gasteiger partial charge in [0.25, 0.3) is 0 Å². The van der Waals surface area contributed by atoms with Gasteiger partial charge in [-0.25, -0.2) is 8.42 Å². The molecule has 0 fully saturated rings. The second kappa shape index (κ2) is 13.0. The van der Waals surface area contributed by atoms with Crippen LogP contribution in [0.15, 0.2) is 42.5 Å². The molecule has 0 saturated heterocycles. The monoisotopic (exact) mass is 543 g/mol. The summed E-state index contributed by atoms with van der Waals surface area (Å²) >= 11 is 12.2. The predicted octanol–water partition coefficient (Wildman–Crippen LogP) is 4.10. The van der Waals surface area contributed by atoms with E-state index in [1.165, 1.54) is 4.90 Å². The molecule has 1 N–H and O–H groups in total. The highest BCUT2D eigenvalue weighted by molar-refractivity contribution is 7.92. The van der Waals surface area contributed by atoms with Crippen molar-refractivity contribution < 1.29 is 22.7 Å². The molecule has 2 aromatic carbocycles. The minimum atomic E-state index is -3.81. The maximum atomic E-state index is 13.6. The fourth-order valence-corrected chi connectivity index (χ4v) is 4.71. The van der Waals surface area contributed by atoms with Gasteiger partial charge in [-0.05, 0) is 62.2 Å². The molecule has 2 amide bonds. The van der Waals surface area contributed by atoms with Crippen LogP contribution in [0.25, 0.3) is 0 Å². The highest BCUT2D eigenvalue weighted by Gasteiger charge is 2.31. The molecule has 0 spiro atoms. The molecular formula is C24H31Cl2N3O5S. The molecule has 11 heteroatoms. The summed E-state index contributed by atoms with van der Waals surface area (Å²) in [7, 11) is -3.81. The molecule has 0 aliphatic carbocycles. The fraction of sp³-hybridized carbons (Fsp3) is 0.417. The first-order valence-electron chi connectivity index (χ1n) is 11.2. The Balaban J connectivity index is 2.42. The molecule has 0 heterocycles. The second-order valence-corrected chi connectivity index (χ2v) is 10.5. The smallest absolute Gasteiger partial charge is 0.244 e. The van der Waals surface area contributed by atoms with Gasteiger partial charge in [-0.3, -0.25) is 13.9 Å². The van der Waals surface area contributed by atoms with Crippen LogP contribution in [-0.4, -0.2) is 57.1 Å². The lowest BCUT2D eigenvalue weighted by atomic mass is 10.1. The summed E-state index contributed by atoms with van der Waals surface area (Å²) in [4.78, 5) is 27.7. The highest BCUT2D eigenvalue weighted by Crippen LogP contribution is 2.25. The number of hydrogen-bond acceptors (Lipinski definition) is 5. The third-order valence-corrected chi connectivity index (χ3v) is 7.07. The van der Waals surface area contributed by atoms with Crippen molar-refractivity contribution in [3.8, 4) is 5.75 Å². The maximum Gasteiger partial charge on any atom is 0.244 e. The SMILES string of the molecule is CCNC(=O)[C@H](CC)N(Cc1ccc(Cl)c(Cl)c1)C(=O)CN(c1ccc(OCC)cc1)S(C)(=O)=O. The zero-order valence-electron chi connectivity index (χ0n) is 20.3. The molecule has 0 unspecified atom stereocenters. The number of nitrogens with one attached hydrogen (secondary N) is 1. The van der Waals surface area contributed by atoms with Crippen molar-refractivity contribution in [3.63, 3.8) is 0 Å². The molecule has 0 aliphatic rings. The number of amides is 2. The normalized spacial score (nSPS) is 12.1. The van der Waals surface area contributed by atoms with Crippen molar-refractivity contribution in [2.24, 2.45) is 0 Å². The molecule has 192 valence electrons. The van der Waals surface area contributed by atoms with Crippen LogP contribution in [0.3, 0.4) is 0 Å². The van der Waals surface area contributed by atoms with E-state index in [4.69, 9.17) is 27.9 Å². The molecule has 0 aliphatic heterocycles. The van der Waals surface area contributed by atoms with E-state index in [1.54, 1.807) is 56.3 Å². The Labute approximate surface area is 217 Å². The van der Waals surface area contributed by atoms with E-state index in [1.807, 2.05) is 6.92 Å². The summed E-state index contributed by atoms with van der Waals surface area (Å²) in [5.41, 5.74) is 0.965. The topological polar surface area (TPSA) is 96.0 Å². The van der Waals surface area contributed by atoms with E-state index < -0.39 is 28.5 Å². The lowest BCUT2D eigenvalue weighted by molar-refractivity contribution is -0.140. The molecule has 0 aromatic heterocycles. The molecule has 35 heavy (non-hydrogen) atoms. The lowest BCUT2D eigenvalue weighted by Crippen LogP contribution is -2.52. The fourth-order valence-electron chi connectivity index (χ4n) is 3.54. The van der Waals surface area contributed by atoms with E-state index in [0.717, 1.165) is 10.6 Å². The largest absolute Gasteiger partial charge is 0.494 e. The van der Waals surface area contributed by atoms with E-state index in [-0.39, 0.29) is 12.5 Å². The van der Waals surface area contributed by atoms with Crippen LogP contribution in [0.4, 0.5) is 5.69 Å². The zero-order valence-corrected chi connectivity index (χ0v) is 22.6. The first kappa shape index (κ1) is 28.7. The number of anilines is 1. The van der Waals surface area contributed by atoms with Gasteiger partial charge in [0.2, 0.25) is 21.8 Å². The standard InChI is InChI=1S/C24H31Cl2N3O5S/c1-5-22(24(31)27-6-2)28(15-17-8-13-20(25)21(26)14-17)23(30)16-29(35(4,32)33)18-9-11-19(12-10-18)34-7-3/h8-14,22H,5-7,15-16H2,1-4H3,(H,27,31)/t22-/m0/s1. The molecule has 1 atom stereocenters. The Morgan fingerprint density at radius 1 is 1.03 bits per heavy atom. The van der Waals surface area contributed by atoms with Gasteiger partial charge >= 0.3 is 0 Å². The number of benzene rings is 2. The van der Waals surface area contributed by atoms with Gasteiger partial charge in [0.05, 0.1) is 28.6 Å². The molecule has 0 radical (unpaired) electrons. The molecule has 0 saturated carbocycles. The first-order valence-corrected chi connectivity index (χ1v) is 13.8. The Hall–Kier alpha value is -2.49. The Morgan fingerprint density at radius 3 is 2.20 bits per heavy atom. The summed E-state index contributed by atoms with van der Waals surface area (Å²) in [6.45, 7) is 5.84. The highest BCUT2D eigenvalue weighted by atomic mass is 35.5. The van der Waals surface area contributed by atoms with Crippen LogP contribution in [-0.2, 0) is 26.2 Å². The minimum absolute atomic E-state index is 0.0479. The van der Waals surface area contributed by atoms with Crippen molar-refractivity contribution in [3.05, 3.63) is 58.1 Å². The van der Waals surface area contributed by atoms with Gasteiger partial charge in [-0.15, -0.1) is 0 Å². The number of carbonyl (C=O) groups is 2. The van der Waals surface area contributed by atoms with Crippen LogP contribution in [0.1, 0.15) is 32.8 Å². The molecule has 2 aromatic rings. The van der Waals surface area contributed by atoms with Crippen LogP contribution in [0, 0.1) is 0 Å². The van der Waals surface area contributed by atoms with Crippen molar-refractivity contribution in [1.29, 1.82) is 0 Å². The van der Waals surface area contributed by atoms with E-state index in [2.05, 4.69) is 5.32 Å². The van der Waals surface area contributed by atoms with Crippen LogP contribution in [0.5, 0.6) is 5.75 Å². The van der Waals surface area contributed by atoms with Gasteiger partial charge in [0, 0.05) is 13.1 Å². The van der Waals surface area contributed by atoms with Crippen LogP contribution >= 0.6 is 23.2 Å². The van der Waals surface area contributed by atoms with Crippen molar-refractivity contribution in [1.82, 2.24) is 10.2 Å². The number of carbonyl (C=O) groups excluding carboxylic acids is 2. The summed E-state index contributed by atoms with van der Waals surface area (Å²) < 4.78 is 31.7. The van der Waals surface area contributed by atoms with Gasteiger partial charge < -0.3 is 15.0 Å². The van der Waals surface area contributed by atoms with Crippen LogP contribution < -0.4 is 14.4 Å². The van der Waals surface area contributed by atoms with E-state index in [0.29, 0.717) is 46.6 Å². The minimum Gasteiger partial charge on any atom is -0.494 e. The maximum absolute atomic E-state index is 13.6. The summed E-state index contributed by atoms with van der Waals surface area (Å²) in [5, 5.41) is 3.42. The quantitative estimate of drug-likeness (QED) is 0.434. The average molecular weight is 545 g/mol. The van der Waals surface area contributed by atoms with E-state index >= 15 is 0 Å². The summed E-state index contributed by atoms with van der Waals surface area (Å²) in [6.07, 6.45) is 1.36. The summed E-state index contributed by atoms with van der Waals surface area (Å²) in [6, 6.07) is 10.6. The first-order chi connectivity index (χ1) is 16.5. The van der Waals surface area contributed by atoms with Crippen molar-refractivity contribution in [2.75, 3.05) is 30.3 Å². The number of likely N-dealkylation sites (N-methyl/N-ethyl adjacent to an activating group) is 1. The lowest BCUT2D eigenvalue weighted by Gasteiger charge is -2.32. The molecule has 2 rings (SSSR count). The zero-order chi connectivity index (χ0) is 26.2. The van der Waals surface area contributed by atoms with E-state index in [9.17, 15) is 18.0 Å². The number of nitrogens with zero attached hydrogens (tertiary/aromatic N) is 2. The Bertz CT molecular complexity index is 1130. The van der Waals surface area contributed by atoms with Crippen molar-refractivity contribution >= 4 is 50.7 Å². The summed E-state index contributed by atoms with van der Waals surface area (Å²) in [5.74, 6) is -0.275. The van der Waals surface area contributed by atoms with Gasteiger partial charge in [0.1, 0.15) is 18.3 Å². The molecule has 8 nitrogen and oxygen atoms in total. The van der Waals surface area contributed by atoms with Gasteiger partial charge in [-0.1, -0.05) is 36.2 Å². The average Bonchev–Trinajstić information content (AvgIpc) is 2.80. The number of hydrogen-bond donors (Lipinski definition) is 1. The predicted molar refractivity (Wildman–Crippen MR) is 140 cm³/mol. The Kier molecular flexibility index (Phi) is 10.7.